The standard InChI is InChI=1S/C19H19N3O3/c1-13-4-9-17-20-15(10-18(23)22(17)11-13)12-25-19(24)14-5-7-16(8-6-14)21(2)3/h4-11H,12H2,1-3H3. The van der Waals surface area contributed by atoms with Crippen LogP contribution < -0.4 is 10.5 Å². The van der Waals surface area contributed by atoms with E-state index >= 15 is 0 Å². The molecule has 2 aromatic heterocycles. The van der Waals surface area contributed by atoms with Gasteiger partial charge >= 0.3 is 5.97 Å². The van der Waals surface area contributed by atoms with Crippen LogP contribution in [0.25, 0.3) is 5.65 Å². The number of aromatic nitrogens is 2. The molecule has 128 valence electrons. The maximum atomic E-state index is 12.1. The Kier molecular flexibility index (Phi) is 4.52. The molecule has 0 amide bonds. The molecular formula is C19H19N3O3. The second kappa shape index (κ2) is 6.76. The normalized spacial score (nSPS) is 10.7. The molecular weight excluding hydrogens is 318 g/mol. The molecule has 1 aromatic carbocycles. The van der Waals surface area contributed by atoms with Crippen molar-refractivity contribution >= 4 is 17.3 Å². The Morgan fingerprint density at radius 2 is 1.88 bits per heavy atom. The zero-order chi connectivity index (χ0) is 18.0. The van der Waals surface area contributed by atoms with Gasteiger partial charge in [0, 0.05) is 32.0 Å². The highest BCUT2D eigenvalue weighted by molar-refractivity contribution is 5.89. The molecule has 0 atom stereocenters. The third-order valence-electron chi connectivity index (χ3n) is 3.83. The molecule has 0 spiro atoms. The van der Waals surface area contributed by atoms with Crippen molar-refractivity contribution in [2.75, 3.05) is 19.0 Å². The minimum Gasteiger partial charge on any atom is -0.456 e. The minimum absolute atomic E-state index is 0.0477. The van der Waals surface area contributed by atoms with Crippen LogP contribution >= 0.6 is 0 Å². The van der Waals surface area contributed by atoms with Gasteiger partial charge in [-0.25, -0.2) is 9.78 Å². The molecule has 0 saturated carbocycles. The first-order chi connectivity index (χ1) is 11.9. The Balaban J connectivity index is 1.74. The summed E-state index contributed by atoms with van der Waals surface area (Å²) >= 11 is 0. The van der Waals surface area contributed by atoms with Crippen LogP contribution in [0.15, 0.2) is 53.5 Å². The summed E-state index contributed by atoms with van der Waals surface area (Å²) in [5, 5.41) is 0. The molecule has 0 radical (unpaired) electrons. The number of rotatable bonds is 4. The molecule has 0 N–H and O–H groups in total. The number of carbonyl (C=O) groups is 1. The van der Waals surface area contributed by atoms with Crippen LogP contribution in [0.1, 0.15) is 21.6 Å². The third-order valence-corrected chi connectivity index (χ3v) is 3.83. The van der Waals surface area contributed by atoms with Crippen LogP contribution in [0.2, 0.25) is 0 Å². The Bertz CT molecular complexity index is 975. The van der Waals surface area contributed by atoms with Gasteiger partial charge in [-0.2, -0.15) is 0 Å². The first-order valence-electron chi connectivity index (χ1n) is 7.87. The maximum Gasteiger partial charge on any atom is 0.338 e. The first kappa shape index (κ1) is 16.7. The van der Waals surface area contributed by atoms with E-state index in [1.807, 2.05) is 44.1 Å². The maximum absolute atomic E-state index is 12.1. The lowest BCUT2D eigenvalue weighted by Crippen LogP contribution is -2.17. The molecule has 0 bridgehead atoms. The number of fused-ring (bicyclic) bond motifs is 1. The fourth-order valence-electron chi connectivity index (χ4n) is 2.45. The number of hydrogen-bond donors (Lipinski definition) is 0. The minimum atomic E-state index is -0.448. The summed E-state index contributed by atoms with van der Waals surface area (Å²) in [7, 11) is 3.86. The van der Waals surface area contributed by atoms with Gasteiger partial charge in [0.05, 0.1) is 11.3 Å². The average molecular weight is 337 g/mol. The zero-order valence-corrected chi connectivity index (χ0v) is 14.4. The largest absolute Gasteiger partial charge is 0.456 e. The molecule has 6 heteroatoms. The van der Waals surface area contributed by atoms with Crippen LogP contribution in [0.3, 0.4) is 0 Å². The van der Waals surface area contributed by atoms with Gasteiger partial charge in [-0.3, -0.25) is 9.20 Å². The number of aryl methyl sites for hydroxylation is 1. The summed E-state index contributed by atoms with van der Waals surface area (Å²) < 4.78 is 6.75. The van der Waals surface area contributed by atoms with E-state index in [9.17, 15) is 9.59 Å². The molecule has 0 fully saturated rings. The highest BCUT2D eigenvalue weighted by Gasteiger charge is 2.10. The van der Waals surface area contributed by atoms with Crippen molar-refractivity contribution in [3.05, 3.63) is 75.8 Å². The third kappa shape index (κ3) is 3.68. The second-order valence-electron chi connectivity index (χ2n) is 6.04. The molecule has 25 heavy (non-hydrogen) atoms. The number of hydrogen-bond acceptors (Lipinski definition) is 5. The van der Waals surface area contributed by atoms with Gasteiger partial charge in [0.25, 0.3) is 5.56 Å². The lowest BCUT2D eigenvalue weighted by Gasteiger charge is -2.12. The Hall–Kier alpha value is -3.15. The molecule has 6 nitrogen and oxygen atoms in total. The average Bonchev–Trinajstić information content (AvgIpc) is 2.60. The first-order valence-corrected chi connectivity index (χ1v) is 7.87. The van der Waals surface area contributed by atoms with Crippen molar-refractivity contribution in [1.82, 2.24) is 9.38 Å². The van der Waals surface area contributed by atoms with Crippen molar-refractivity contribution in [3.8, 4) is 0 Å². The van der Waals surface area contributed by atoms with E-state index < -0.39 is 5.97 Å². The van der Waals surface area contributed by atoms with E-state index in [4.69, 9.17) is 4.74 Å². The van der Waals surface area contributed by atoms with Gasteiger partial charge in [0.15, 0.2) is 0 Å². The summed E-state index contributed by atoms with van der Waals surface area (Å²) in [4.78, 5) is 30.6. The Morgan fingerprint density at radius 1 is 1.16 bits per heavy atom. The predicted octanol–water partition coefficient (Wildman–Crippen LogP) is 2.43. The zero-order valence-electron chi connectivity index (χ0n) is 14.4. The molecule has 3 aromatic rings. The quantitative estimate of drug-likeness (QED) is 0.684. The van der Waals surface area contributed by atoms with E-state index in [1.54, 1.807) is 24.4 Å². The molecule has 3 rings (SSSR count). The van der Waals surface area contributed by atoms with Crippen LogP contribution in [-0.4, -0.2) is 29.4 Å². The number of anilines is 1. The van der Waals surface area contributed by atoms with Crippen molar-refractivity contribution < 1.29 is 9.53 Å². The lowest BCUT2D eigenvalue weighted by atomic mass is 10.2. The van der Waals surface area contributed by atoms with Gasteiger partial charge in [-0.05, 0) is 42.8 Å². The van der Waals surface area contributed by atoms with Gasteiger partial charge in [0.2, 0.25) is 0 Å². The van der Waals surface area contributed by atoms with Crippen molar-refractivity contribution in [2.24, 2.45) is 0 Å². The van der Waals surface area contributed by atoms with E-state index in [1.165, 1.54) is 10.5 Å². The molecule has 2 heterocycles. The number of esters is 1. The summed E-state index contributed by atoms with van der Waals surface area (Å²) in [6.07, 6.45) is 1.73. The number of benzene rings is 1. The van der Waals surface area contributed by atoms with Crippen LogP contribution in [0, 0.1) is 6.92 Å². The molecule has 0 aliphatic carbocycles. The van der Waals surface area contributed by atoms with Crippen molar-refractivity contribution in [2.45, 2.75) is 13.5 Å². The second-order valence-corrected chi connectivity index (χ2v) is 6.04. The molecule has 0 unspecified atom stereocenters. The van der Waals surface area contributed by atoms with Gasteiger partial charge in [0.1, 0.15) is 12.3 Å². The van der Waals surface area contributed by atoms with Gasteiger partial charge < -0.3 is 9.64 Å². The highest BCUT2D eigenvalue weighted by Crippen LogP contribution is 2.13. The van der Waals surface area contributed by atoms with E-state index in [0.717, 1.165) is 11.3 Å². The summed E-state index contributed by atoms with van der Waals surface area (Å²) in [5.41, 5.74) is 3.17. The topological polar surface area (TPSA) is 63.9 Å². The fourth-order valence-corrected chi connectivity index (χ4v) is 2.45. The van der Waals surface area contributed by atoms with Crippen molar-refractivity contribution in [3.63, 3.8) is 0 Å². The smallest absolute Gasteiger partial charge is 0.338 e. The van der Waals surface area contributed by atoms with Gasteiger partial charge in [-0.1, -0.05) is 6.07 Å². The Labute approximate surface area is 145 Å². The van der Waals surface area contributed by atoms with E-state index in [0.29, 0.717) is 16.9 Å². The predicted molar refractivity (Wildman–Crippen MR) is 96.1 cm³/mol. The number of pyridine rings is 1. The van der Waals surface area contributed by atoms with Crippen LogP contribution in [0.4, 0.5) is 5.69 Å². The van der Waals surface area contributed by atoms with E-state index in [2.05, 4.69) is 4.98 Å². The lowest BCUT2D eigenvalue weighted by molar-refractivity contribution is 0.0467. The summed E-state index contributed by atoms with van der Waals surface area (Å²) in [6.45, 7) is 1.86. The molecule has 0 aliphatic heterocycles. The van der Waals surface area contributed by atoms with Crippen LogP contribution in [-0.2, 0) is 11.3 Å². The molecule has 0 aliphatic rings. The van der Waals surface area contributed by atoms with Gasteiger partial charge in [-0.15, -0.1) is 0 Å². The molecule has 0 saturated heterocycles. The number of ether oxygens (including phenoxy) is 1. The van der Waals surface area contributed by atoms with E-state index in [-0.39, 0.29) is 12.2 Å². The fraction of sp³-hybridized carbons (Fsp3) is 0.211. The highest BCUT2D eigenvalue weighted by atomic mass is 16.5. The summed E-state index contributed by atoms with van der Waals surface area (Å²) in [5.74, 6) is -0.448. The number of nitrogens with zero attached hydrogens (tertiary/aromatic N) is 3. The van der Waals surface area contributed by atoms with Crippen LogP contribution in [0.5, 0.6) is 0 Å². The Morgan fingerprint density at radius 3 is 2.56 bits per heavy atom. The monoisotopic (exact) mass is 337 g/mol. The van der Waals surface area contributed by atoms with Crippen molar-refractivity contribution in [1.29, 1.82) is 0 Å². The summed E-state index contributed by atoms with van der Waals surface area (Å²) in [6, 6.07) is 12.1. The number of carbonyl (C=O) groups excluding carboxylic acids is 1. The SMILES string of the molecule is Cc1ccc2nc(COC(=O)c3ccc(N(C)C)cc3)cc(=O)n2c1.